The van der Waals surface area contributed by atoms with Crippen molar-refractivity contribution in [1.29, 1.82) is 0 Å². The molecule has 0 N–H and O–H groups in total. The molecule has 0 spiro atoms. The van der Waals surface area contributed by atoms with E-state index < -0.39 is 0 Å². The number of rotatable bonds is 3. The van der Waals surface area contributed by atoms with Crippen molar-refractivity contribution < 1.29 is 4.79 Å². The monoisotopic (exact) mass is 385 g/mol. The SMILES string of the molecule is Cc1cc(-c2cccs2)nc(C2CCCN(C(=O)c3snnc3C)C2)n1. The number of hydrogen-bond donors (Lipinski definition) is 0. The molecule has 0 aliphatic carbocycles. The molecule has 0 bridgehead atoms. The maximum atomic E-state index is 12.8. The predicted octanol–water partition coefficient (Wildman–Crippen LogP) is 3.69. The van der Waals surface area contributed by atoms with Gasteiger partial charge in [-0.15, -0.1) is 16.4 Å². The minimum Gasteiger partial charge on any atom is -0.337 e. The van der Waals surface area contributed by atoms with Gasteiger partial charge in [-0.25, -0.2) is 9.97 Å². The summed E-state index contributed by atoms with van der Waals surface area (Å²) in [5.41, 5.74) is 2.63. The molecule has 1 unspecified atom stereocenters. The molecule has 8 heteroatoms. The van der Waals surface area contributed by atoms with Crippen LogP contribution < -0.4 is 0 Å². The Morgan fingerprint density at radius 2 is 2.19 bits per heavy atom. The molecule has 0 saturated carbocycles. The predicted molar refractivity (Wildman–Crippen MR) is 103 cm³/mol. The maximum absolute atomic E-state index is 12.8. The first kappa shape index (κ1) is 17.2. The summed E-state index contributed by atoms with van der Waals surface area (Å²) in [6.45, 7) is 5.23. The summed E-state index contributed by atoms with van der Waals surface area (Å²) in [6.07, 6.45) is 1.95. The van der Waals surface area contributed by atoms with Crippen LogP contribution in [0.2, 0.25) is 0 Å². The van der Waals surface area contributed by atoms with Crippen molar-refractivity contribution in [3.05, 3.63) is 45.7 Å². The molecule has 1 amide bonds. The van der Waals surface area contributed by atoms with Crippen LogP contribution in [0.25, 0.3) is 10.6 Å². The first-order valence-electron chi connectivity index (χ1n) is 8.59. The van der Waals surface area contributed by atoms with E-state index in [1.807, 2.05) is 30.9 Å². The standard InChI is InChI=1S/C18H19N5OS2/c1-11-9-14(15-6-4-8-25-15)20-17(19-11)13-5-3-7-23(10-13)18(24)16-12(2)21-22-26-16/h4,6,8-9,13H,3,5,7,10H2,1-2H3. The Kier molecular flexibility index (Phi) is 4.78. The Morgan fingerprint density at radius 3 is 2.92 bits per heavy atom. The second-order valence-corrected chi connectivity index (χ2v) is 8.21. The number of nitrogens with zero attached hydrogens (tertiary/aromatic N) is 5. The molecule has 26 heavy (non-hydrogen) atoms. The highest BCUT2D eigenvalue weighted by Gasteiger charge is 2.29. The molecule has 1 atom stereocenters. The highest BCUT2D eigenvalue weighted by Crippen LogP contribution is 2.29. The summed E-state index contributed by atoms with van der Waals surface area (Å²) in [4.78, 5) is 26.0. The van der Waals surface area contributed by atoms with Crippen molar-refractivity contribution >= 4 is 28.8 Å². The number of carbonyl (C=O) groups is 1. The zero-order valence-corrected chi connectivity index (χ0v) is 16.3. The first-order chi connectivity index (χ1) is 12.6. The first-order valence-corrected chi connectivity index (χ1v) is 10.2. The van der Waals surface area contributed by atoms with E-state index in [0.29, 0.717) is 17.1 Å². The summed E-state index contributed by atoms with van der Waals surface area (Å²) < 4.78 is 3.89. The fourth-order valence-corrected chi connectivity index (χ4v) is 4.58. The van der Waals surface area contributed by atoms with E-state index in [1.165, 1.54) is 11.5 Å². The summed E-state index contributed by atoms with van der Waals surface area (Å²) in [5, 5.41) is 6.01. The van der Waals surface area contributed by atoms with Crippen LogP contribution in [0.3, 0.4) is 0 Å². The number of carbonyl (C=O) groups excluding carboxylic acids is 1. The minimum atomic E-state index is 0.0216. The number of likely N-dealkylation sites (tertiary alicyclic amines) is 1. The molecule has 6 nitrogen and oxygen atoms in total. The lowest BCUT2D eigenvalue weighted by Gasteiger charge is -2.32. The Balaban J connectivity index is 1.58. The summed E-state index contributed by atoms with van der Waals surface area (Å²) in [6, 6.07) is 6.13. The van der Waals surface area contributed by atoms with Crippen molar-refractivity contribution in [1.82, 2.24) is 24.5 Å². The number of piperidine rings is 1. The molecular weight excluding hydrogens is 366 g/mol. The summed E-state index contributed by atoms with van der Waals surface area (Å²) in [7, 11) is 0. The number of aryl methyl sites for hydroxylation is 2. The Morgan fingerprint density at radius 1 is 1.31 bits per heavy atom. The highest BCUT2D eigenvalue weighted by atomic mass is 32.1. The average molecular weight is 386 g/mol. The molecule has 0 aromatic carbocycles. The van der Waals surface area contributed by atoms with Crippen molar-refractivity contribution in [2.45, 2.75) is 32.6 Å². The smallest absolute Gasteiger partial charge is 0.267 e. The van der Waals surface area contributed by atoms with E-state index in [2.05, 4.69) is 26.0 Å². The number of aromatic nitrogens is 4. The van der Waals surface area contributed by atoms with Crippen LogP contribution in [-0.4, -0.2) is 43.5 Å². The van der Waals surface area contributed by atoms with Gasteiger partial charge in [0.15, 0.2) is 0 Å². The Hall–Kier alpha value is -2.19. The third kappa shape index (κ3) is 3.39. The van der Waals surface area contributed by atoms with E-state index in [9.17, 15) is 4.79 Å². The van der Waals surface area contributed by atoms with Crippen molar-refractivity contribution in [3.8, 4) is 10.6 Å². The zero-order chi connectivity index (χ0) is 18.1. The molecule has 4 heterocycles. The zero-order valence-electron chi connectivity index (χ0n) is 14.7. The van der Waals surface area contributed by atoms with Gasteiger partial charge in [0.25, 0.3) is 5.91 Å². The lowest BCUT2D eigenvalue weighted by Crippen LogP contribution is -2.39. The van der Waals surface area contributed by atoms with E-state index in [4.69, 9.17) is 4.98 Å². The molecular formula is C18H19N5OS2. The molecule has 0 radical (unpaired) electrons. The quantitative estimate of drug-likeness (QED) is 0.687. The van der Waals surface area contributed by atoms with Gasteiger partial charge in [0, 0.05) is 24.7 Å². The minimum absolute atomic E-state index is 0.0216. The van der Waals surface area contributed by atoms with Gasteiger partial charge in [0.05, 0.1) is 16.3 Å². The summed E-state index contributed by atoms with van der Waals surface area (Å²) >= 11 is 2.85. The van der Waals surface area contributed by atoms with Gasteiger partial charge < -0.3 is 4.90 Å². The lowest BCUT2D eigenvalue weighted by molar-refractivity contribution is 0.0708. The fraction of sp³-hybridized carbons (Fsp3) is 0.389. The molecule has 3 aromatic rings. The van der Waals surface area contributed by atoms with E-state index in [0.717, 1.165) is 41.5 Å². The van der Waals surface area contributed by atoms with E-state index in [-0.39, 0.29) is 11.8 Å². The average Bonchev–Trinajstić information content (AvgIpc) is 3.32. The van der Waals surface area contributed by atoms with Crippen LogP contribution >= 0.6 is 22.9 Å². The Labute approximate surface area is 160 Å². The van der Waals surface area contributed by atoms with Crippen LogP contribution in [0.4, 0.5) is 0 Å². The van der Waals surface area contributed by atoms with Crippen LogP contribution in [0.1, 0.15) is 45.6 Å². The lowest BCUT2D eigenvalue weighted by atomic mass is 9.96. The second kappa shape index (κ2) is 7.20. The third-order valence-electron chi connectivity index (χ3n) is 4.56. The van der Waals surface area contributed by atoms with Crippen molar-refractivity contribution in [3.63, 3.8) is 0 Å². The Bertz CT molecular complexity index is 922. The molecule has 4 rings (SSSR count). The maximum Gasteiger partial charge on any atom is 0.267 e. The molecule has 3 aromatic heterocycles. The van der Waals surface area contributed by atoms with Crippen molar-refractivity contribution in [2.24, 2.45) is 0 Å². The van der Waals surface area contributed by atoms with Gasteiger partial charge in [0.1, 0.15) is 10.7 Å². The largest absolute Gasteiger partial charge is 0.337 e. The van der Waals surface area contributed by atoms with Gasteiger partial charge in [0.2, 0.25) is 0 Å². The topological polar surface area (TPSA) is 71.9 Å². The van der Waals surface area contributed by atoms with Gasteiger partial charge in [-0.2, -0.15) is 0 Å². The summed E-state index contributed by atoms with van der Waals surface area (Å²) in [5.74, 6) is 1.02. The highest BCUT2D eigenvalue weighted by molar-refractivity contribution is 7.13. The molecule has 1 fully saturated rings. The molecule has 1 aliphatic heterocycles. The van der Waals surface area contributed by atoms with Gasteiger partial charge in [-0.3, -0.25) is 4.79 Å². The van der Waals surface area contributed by atoms with Crippen LogP contribution in [0, 0.1) is 13.8 Å². The number of hydrogen-bond acceptors (Lipinski definition) is 7. The van der Waals surface area contributed by atoms with Gasteiger partial charge in [-0.1, -0.05) is 10.6 Å². The van der Waals surface area contributed by atoms with Crippen LogP contribution in [0.15, 0.2) is 23.6 Å². The third-order valence-corrected chi connectivity index (χ3v) is 6.27. The van der Waals surface area contributed by atoms with Gasteiger partial charge >= 0.3 is 0 Å². The van der Waals surface area contributed by atoms with Crippen LogP contribution in [0.5, 0.6) is 0 Å². The van der Waals surface area contributed by atoms with Gasteiger partial charge in [-0.05, 0) is 55.7 Å². The normalized spacial score (nSPS) is 17.5. The number of amides is 1. The molecule has 134 valence electrons. The number of thiophene rings is 1. The second-order valence-electron chi connectivity index (χ2n) is 6.51. The van der Waals surface area contributed by atoms with E-state index in [1.54, 1.807) is 11.3 Å². The molecule has 1 aliphatic rings. The van der Waals surface area contributed by atoms with Crippen molar-refractivity contribution in [2.75, 3.05) is 13.1 Å². The van der Waals surface area contributed by atoms with E-state index >= 15 is 0 Å². The molecule has 1 saturated heterocycles. The fourth-order valence-electron chi connectivity index (χ4n) is 3.27. The van der Waals surface area contributed by atoms with Crippen LogP contribution in [-0.2, 0) is 0 Å².